The molecule has 19 heavy (non-hydrogen) atoms. The van der Waals surface area contributed by atoms with Gasteiger partial charge in [-0.15, -0.1) is 11.3 Å². The Morgan fingerprint density at radius 2 is 2.26 bits per heavy atom. The van der Waals surface area contributed by atoms with Crippen molar-refractivity contribution >= 4 is 11.3 Å². The van der Waals surface area contributed by atoms with Gasteiger partial charge in [0, 0.05) is 11.8 Å². The van der Waals surface area contributed by atoms with Crippen LogP contribution in [0.2, 0.25) is 0 Å². The Hall–Kier alpha value is -1.33. The Morgan fingerprint density at radius 1 is 1.47 bits per heavy atom. The van der Waals surface area contributed by atoms with E-state index in [0.29, 0.717) is 10.6 Å². The van der Waals surface area contributed by atoms with Crippen molar-refractivity contribution in [2.75, 3.05) is 0 Å². The SMILES string of the molecule is CC1(C)Cc2nc(-c3ccncc3F)sc2C(O)C1. The molecule has 0 aliphatic heterocycles. The molecule has 1 aliphatic rings. The molecule has 3 nitrogen and oxygen atoms in total. The molecular formula is C14H15FN2OS. The van der Waals surface area contributed by atoms with E-state index >= 15 is 0 Å². The van der Waals surface area contributed by atoms with E-state index in [-0.39, 0.29) is 11.2 Å². The fourth-order valence-electron chi connectivity index (χ4n) is 2.56. The third kappa shape index (κ3) is 2.28. The lowest BCUT2D eigenvalue weighted by molar-refractivity contribution is 0.102. The lowest BCUT2D eigenvalue weighted by atomic mass is 9.77. The molecule has 3 rings (SSSR count). The van der Waals surface area contributed by atoms with E-state index in [1.807, 2.05) is 0 Å². The van der Waals surface area contributed by atoms with Gasteiger partial charge in [0.05, 0.1) is 22.9 Å². The van der Waals surface area contributed by atoms with Crippen LogP contribution in [0.3, 0.4) is 0 Å². The zero-order chi connectivity index (χ0) is 13.6. The number of halogens is 1. The maximum absolute atomic E-state index is 13.7. The van der Waals surface area contributed by atoms with Crippen LogP contribution in [-0.4, -0.2) is 15.1 Å². The molecule has 0 radical (unpaired) electrons. The van der Waals surface area contributed by atoms with Crippen LogP contribution in [-0.2, 0) is 6.42 Å². The molecule has 0 saturated heterocycles. The maximum Gasteiger partial charge on any atom is 0.151 e. The summed E-state index contributed by atoms with van der Waals surface area (Å²) in [4.78, 5) is 9.14. The third-order valence-electron chi connectivity index (χ3n) is 3.43. The van der Waals surface area contributed by atoms with Crippen molar-refractivity contribution in [3.8, 4) is 10.6 Å². The molecule has 0 aromatic carbocycles. The van der Waals surface area contributed by atoms with E-state index in [1.165, 1.54) is 17.5 Å². The Balaban J connectivity index is 2.07. The van der Waals surface area contributed by atoms with Crippen LogP contribution in [0, 0.1) is 11.2 Å². The molecule has 1 N–H and O–H groups in total. The van der Waals surface area contributed by atoms with E-state index < -0.39 is 6.10 Å². The van der Waals surface area contributed by atoms with Crippen molar-refractivity contribution in [1.29, 1.82) is 0 Å². The van der Waals surface area contributed by atoms with Crippen LogP contribution in [0.25, 0.3) is 10.6 Å². The minimum Gasteiger partial charge on any atom is -0.387 e. The first-order valence-electron chi connectivity index (χ1n) is 6.24. The summed E-state index contributed by atoms with van der Waals surface area (Å²) in [6.45, 7) is 4.23. The van der Waals surface area contributed by atoms with E-state index in [2.05, 4.69) is 23.8 Å². The smallest absolute Gasteiger partial charge is 0.151 e. The normalized spacial score (nSPS) is 21.2. The number of aromatic nitrogens is 2. The molecule has 0 saturated carbocycles. The molecule has 5 heteroatoms. The first-order chi connectivity index (χ1) is 8.96. The summed E-state index contributed by atoms with van der Waals surface area (Å²) in [6, 6.07) is 1.62. The average molecular weight is 278 g/mol. The van der Waals surface area contributed by atoms with E-state index in [1.54, 1.807) is 12.3 Å². The summed E-state index contributed by atoms with van der Waals surface area (Å²) in [7, 11) is 0. The van der Waals surface area contributed by atoms with Gasteiger partial charge >= 0.3 is 0 Å². The van der Waals surface area contributed by atoms with Crippen LogP contribution >= 0.6 is 11.3 Å². The number of aliphatic hydroxyl groups excluding tert-OH is 1. The lowest BCUT2D eigenvalue weighted by Crippen LogP contribution is -2.24. The van der Waals surface area contributed by atoms with Gasteiger partial charge in [-0.3, -0.25) is 4.98 Å². The number of rotatable bonds is 1. The number of nitrogens with zero attached hydrogens (tertiary/aromatic N) is 2. The second-order valence-electron chi connectivity index (χ2n) is 5.75. The predicted molar refractivity (Wildman–Crippen MR) is 72.4 cm³/mol. The van der Waals surface area contributed by atoms with E-state index in [4.69, 9.17) is 0 Å². The van der Waals surface area contributed by atoms with Crippen molar-refractivity contribution < 1.29 is 9.50 Å². The molecule has 2 heterocycles. The van der Waals surface area contributed by atoms with Gasteiger partial charge < -0.3 is 5.11 Å². The zero-order valence-electron chi connectivity index (χ0n) is 10.9. The molecule has 0 bridgehead atoms. The molecule has 1 unspecified atom stereocenters. The molecule has 0 spiro atoms. The molecule has 100 valence electrons. The highest BCUT2D eigenvalue weighted by Gasteiger charge is 2.34. The van der Waals surface area contributed by atoms with Crippen LogP contribution in [0.1, 0.15) is 36.9 Å². The molecule has 1 aliphatic carbocycles. The fourth-order valence-corrected chi connectivity index (χ4v) is 3.65. The second-order valence-corrected chi connectivity index (χ2v) is 6.78. The Morgan fingerprint density at radius 3 is 3.00 bits per heavy atom. The van der Waals surface area contributed by atoms with Gasteiger partial charge in [-0.2, -0.15) is 0 Å². The van der Waals surface area contributed by atoms with Gasteiger partial charge in [0.2, 0.25) is 0 Å². The summed E-state index contributed by atoms with van der Waals surface area (Å²) >= 11 is 1.38. The van der Waals surface area contributed by atoms with Crippen molar-refractivity contribution in [2.45, 2.75) is 32.8 Å². The van der Waals surface area contributed by atoms with Crippen molar-refractivity contribution in [2.24, 2.45) is 5.41 Å². The molecular weight excluding hydrogens is 263 g/mol. The number of hydrogen-bond acceptors (Lipinski definition) is 4. The van der Waals surface area contributed by atoms with Gasteiger partial charge in [0.1, 0.15) is 5.01 Å². The summed E-state index contributed by atoms with van der Waals surface area (Å²) in [5, 5.41) is 10.8. The molecule has 2 aromatic rings. The standard InChI is InChI=1S/C14H15FN2OS/c1-14(2)5-10-12(11(18)6-14)19-13(17-10)8-3-4-16-7-9(8)15/h3-4,7,11,18H,5-6H2,1-2H3. The predicted octanol–water partition coefficient (Wildman–Crippen LogP) is 3.35. The van der Waals surface area contributed by atoms with Gasteiger partial charge in [0.25, 0.3) is 0 Å². The monoisotopic (exact) mass is 278 g/mol. The Kier molecular flexibility index (Phi) is 2.91. The molecule has 1 atom stereocenters. The van der Waals surface area contributed by atoms with E-state index in [9.17, 15) is 9.50 Å². The third-order valence-corrected chi connectivity index (χ3v) is 4.66. The van der Waals surface area contributed by atoms with Crippen molar-refractivity contribution in [3.63, 3.8) is 0 Å². The number of thiazole rings is 1. The average Bonchev–Trinajstić information content (AvgIpc) is 2.71. The highest BCUT2D eigenvalue weighted by Crippen LogP contribution is 2.44. The molecule has 0 amide bonds. The molecule has 0 fully saturated rings. The fraction of sp³-hybridized carbons (Fsp3) is 0.429. The Bertz CT molecular complexity index is 624. The van der Waals surface area contributed by atoms with Gasteiger partial charge in [-0.05, 0) is 24.3 Å². The summed E-state index contributed by atoms with van der Waals surface area (Å²) in [5.74, 6) is -0.373. The number of aliphatic hydroxyl groups is 1. The maximum atomic E-state index is 13.7. The zero-order valence-corrected chi connectivity index (χ0v) is 11.7. The molecule has 2 aromatic heterocycles. The van der Waals surface area contributed by atoms with Crippen molar-refractivity contribution in [1.82, 2.24) is 9.97 Å². The lowest BCUT2D eigenvalue weighted by Gasteiger charge is -2.31. The quantitative estimate of drug-likeness (QED) is 0.870. The van der Waals surface area contributed by atoms with Gasteiger partial charge in [0.15, 0.2) is 5.82 Å². The summed E-state index contributed by atoms with van der Waals surface area (Å²) in [6.07, 6.45) is 3.80. The first-order valence-corrected chi connectivity index (χ1v) is 7.05. The number of hydrogen-bond donors (Lipinski definition) is 1. The first kappa shape index (κ1) is 12.7. The van der Waals surface area contributed by atoms with Crippen LogP contribution in [0.4, 0.5) is 4.39 Å². The minimum atomic E-state index is -0.491. The number of fused-ring (bicyclic) bond motifs is 1. The highest BCUT2D eigenvalue weighted by atomic mass is 32.1. The summed E-state index contributed by atoms with van der Waals surface area (Å²) < 4.78 is 13.7. The van der Waals surface area contributed by atoms with E-state index in [0.717, 1.165) is 23.4 Å². The second kappa shape index (κ2) is 4.35. The Labute approximate surface area is 115 Å². The van der Waals surface area contributed by atoms with Gasteiger partial charge in [-0.1, -0.05) is 13.8 Å². The number of pyridine rings is 1. The van der Waals surface area contributed by atoms with Crippen LogP contribution in [0.15, 0.2) is 18.5 Å². The van der Waals surface area contributed by atoms with Crippen LogP contribution < -0.4 is 0 Å². The van der Waals surface area contributed by atoms with Gasteiger partial charge in [-0.25, -0.2) is 9.37 Å². The highest BCUT2D eigenvalue weighted by molar-refractivity contribution is 7.15. The summed E-state index contributed by atoms with van der Waals surface area (Å²) in [5.41, 5.74) is 1.40. The van der Waals surface area contributed by atoms with Crippen LogP contribution in [0.5, 0.6) is 0 Å². The largest absolute Gasteiger partial charge is 0.387 e. The topological polar surface area (TPSA) is 46.0 Å². The minimum absolute atomic E-state index is 0.0363. The van der Waals surface area contributed by atoms with Crippen molar-refractivity contribution in [3.05, 3.63) is 34.8 Å².